The summed E-state index contributed by atoms with van der Waals surface area (Å²) in [5.41, 5.74) is 0. The summed E-state index contributed by atoms with van der Waals surface area (Å²) in [7, 11) is 0. The van der Waals surface area contributed by atoms with Gasteiger partial charge in [0.25, 0.3) is 0 Å². The highest BCUT2D eigenvalue weighted by Gasteiger charge is 2.53. The molecule has 8 heavy (non-hydrogen) atoms. The molecule has 0 saturated carbocycles. The minimum Gasteiger partial charge on any atom is -0.443 e. The van der Waals surface area contributed by atoms with E-state index >= 15 is 0 Å². The molecular formula is CHBF6. The minimum atomic E-state index is -6.65. The maximum absolute atomic E-state index is 10.5. The molecule has 7 heteroatoms. The SMILES string of the molecule is F[B-](F)(F)C(F)(F)F.[H+]. The minimum absolute atomic E-state index is 0. The summed E-state index contributed by atoms with van der Waals surface area (Å²) >= 11 is 0. The van der Waals surface area contributed by atoms with Crippen LogP contribution in [0.25, 0.3) is 0 Å². The maximum Gasteiger partial charge on any atom is 1.00 e. The van der Waals surface area contributed by atoms with Gasteiger partial charge < -0.3 is 12.9 Å². The van der Waals surface area contributed by atoms with Gasteiger partial charge in [-0.15, -0.1) is 0 Å². The van der Waals surface area contributed by atoms with Gasteiger partial charge in [0.15, 0.2) is 0 Å². The molecule has 0 unspecified atom stereocenters. The van der Waals surface area contributed by atoms with Crippen molar-refractivity contribution in [1.82, 2.24) is 0 Å². The van der Waals surface area contributed by atoms with E-state index < -0.39 is 13.1 Å². The second kappa shape index (κ2) is 1.56. The topological polar surface area (TPSA) is 0 Å². The van der Waals surface area contributed by atoms with E-state index in [1.807, 2.05) is 0 Å². The van der Waals surface area contributed by atoms with E-state index in [4.69, 9.17) is 0 Å². The summed E-state index contributed by atoms with van der Waals surface area (Å²) < 4.78 is 62.9. The summed E-state index contributed by atoms with van der Waals surface area (Å²) in [4.78, 5) is 0. The Morgan fingerprint density at radius 3 is 1.12 bits per heavy atom. The number of hydrogen-bond donors (Lipinski definition) is 0. The van der Waals surface area contributed by atoms with Crippen LogP contribution >= 0.6 is 0 Å². The highest BCUT2D eigenvalue weighted by Crippen LogP contribution is 2.31. The van der Waals surface area contributed by atoms with Gasteiger partial charge in [-0.05, 0) is 0 Å². The standard InChI is InChI=1S/CBF6/c3-1(4,5)2(6,7)8/q-1/p+1. The van der Waals surface area contributed by atoms with Gasteiger partial charge in [0.05, 0.1) is 0 Å². The molecule has 0 atom stereocenters. The van der Waals surface area contributed by atoms with E-state index in [2.05, 4.69) is 0 Å². The zero-order chi connectivity index (χ0) is 7.00. The molecule has 0 aromatic heterocycles. The summed E-state index contributed by atoms with van der Waals surface area (Å²) in [6, 6.07) is 0. The Labute approximate surface area is 42.0 Å². The van der Waals surface area contributed by atoms with E-state index in [0.29, 0.717) is 0 Å². The van der Waals surface area contributed by atoms with Crippen LogP contribution in [0.5, 0.6) is 0 Å². The van der Waals surface area contributed by atoms with Crippen LogP contribution in [0.1, 0.15) is 1.43 Å². The molecule has 0 aliphatic carbocycles. The second-order valence-corrected chi connectivity index (χ2v) is 1.12. The molecule has 0 heterocycles. The molecule has 0 N–H and O–H groups in total. The van der Waals surface area contributed by atoms with Gasteiger partial charge in [-0.25, -0.2) is 13.2 Å². The Hall–Kier alpha value is -0.355. The second-order valence-electron chi connectivity index (χ2n) is 1.12. The maximum atomic E-state index is 10.5. The third kappa shape index (κ3) is 1.63. The Kier molecular flexibility index (Phi) is 1.49. The van der Waals surface area contributed by atoms with Crippen LogP contribution in [0.15, 0.2) is 0 Å². The number of alkyl halides is 3. The van der Waals surface area contributed by atoms with Gasteiger partial charge in [-0.3, -0.25) is 0 Å². The van der Waals surface area contributed by atoms with Crippen molar-refractivity contribution in [3.63, 3.8) is 0 Å². The number of rotatable bonds is 0. The molecule has 0 bridgehead atoms. The van der Waals surface area contributed by atoms with Crippen LogP contribution in [0.2, 0.25) is 0 Å². The average molecular weight is 138 g/mol. The van der Waals surface area contributed by atoms with Crippen molar-refractivity contribution in [1.29, 1.82) is 0 Å². The smallest absolute Gasteiger partial charge is 0.443 e. The van der Waals surface area contributed by atoms with Crippen LogP contribution < -0.4 is 0 Å². The fraction of sp³-hybridized carbons (Fsp3) is 1.00. The highest BCUT2D eigenvalue weighted by molar-refractivity contribution is 6.60. The van der Waals surface area contributed by atoms with E-state index in [9.17, 15) is 26.1 Å². The van der Waals surface area contributed by atoms with Gasteiger partial charge in [0, 0.05) is 0 Å². The van der Waals surface area contributed by atoms with Crippen molar-refractivity contribution in [3.8, 4) is 0 Å². The molecule has 0 aromatic carbocycles. The number of halogens is 6. The fourth-order valence-corrected chi connectivity index (χ4v) is 0. The lowest BCUT2D eigenvalue weighted by Gasteiger charge is -2.16. The van der Waals surface area contributed by atoms with Crippen molar-refractivity contribution in [2.24, 2.45) is 0 Å². The Morgan fingerprint density at radius 2 is 1.12 bits per heavy atom. The van der Waals surface area contributed by atoms with Crippen LogP contribution in [-0.2, 0) is 0 Å². The van der Waals surface area contributed by atoms with Crippen molar-refractivity contribution < 1.29 is 27.5 Å². The molecule has 0 amide bonds. The van der Waals surface area contributed by atoms with Crippen molar-refractivity contribution in [2.75, 3.05) is 0 Å². The lowest BCUT2D eigenvalue weighted by molar-refractivity contribution is -0.0837. The van der Waals surface area contributed by atoms with Crippen LogP contribution in [0.3, 0.4) is 0 Å². The summed E-state index contributed by atoms with van der Waals surface area (Å²) in [5.74, 6) is 0. The normalized spacial score (nSPS) is 14.2. The van der Waals surface area contributed by atoms with Gasteiger partial charge in [-0.2, -0.15) is 0 Å². The Morgan fingerprint density at radius 1 is 1.00 bits per heavy atom. The summed E-state index contributed by atoms with van der Waals surface area (Å²) in [6.07, 6.45) is -6.00. The molecule has 0 saturated heterocycles. The zero-order valence-corrected chi connectivity index (χ0v) is 3.35. The van der Waals surface area contributed by atoms with Crippen LogP contribution in [0, 0.1) is 0 Å². The van der Waals surface area contributed by atoms with E-state index in [0.717, 1.165) is 0 Å². The molecule has 0 aliphatic rings. The average Bonchev–Trinajstić information content (AvgIpc) is 1.25. The van der Waals surface area contributed by atoms with Crippen molar-refractivity contribution >= 4 is 6.98 Å². The lowest BCUT2D eigenvalue weighted by atomic mass is 9.92. The van der Waals surface area contributed by atoms with E-state index in [1.54, 1.807) is 0 Å². The molecule has 50 valence electrons. The fourth-order valence-electron chi connectivity index (χ4n) is 0. The first-order valence-electron chi connectivity index (χ1n) is 1.51. The third-order valence-corrected chi connectivity index (χ3v) is 0.371. The van der Waals surface area contributed by atoms with Gasteiger partial charge in [0.2, 0.25) is 0 Å². The molecule has 0 radical (unpaired) electrons. The first kappa shape index (κ1) is 7.64. The summed E-state index contributed by atoms with van der Waals surface area (Å²) in [5, 5.41) is 0. The summed E-state index contributed by atoms with van der Waals surface area (Å²) in [6.45, 7) is -6.65. The van der Waals surface area contributed by atoms with Gasteiger partial charge in [-0.1, -0.05) is 0 Å². The predicted molar refractivity (Wildman–Crippen MR) is 16.2 cm³/mol. The zero-order valence-electron chi connectivity index (χ0n) is 4.35. The predicted octanol–water partition coefficient (Wildman–Crippen LogP) is 2.05. The molecule has 0 aromatic rings. The first-order valence-corrected chi connectivity index (χ1v) is 1.51. The van der Waals surface area contributed by atoms with Crippen molar-refractivity contribution in [3.05, 3.63) is 0 Å². The van der Waals surface area contributed by atoms with Gasteiger partial charge in [0.1, 0.15) is 0 Å². The third-order valence-electron chi connectivity index (χ3n) is 0.371. The van der Waals surface area contributed by atoms with Gasteiger partial charge >= 0.3 is 14.5 Å². The monoisotopic (exact) mass is 138 g/mol. The Balaban J connectivity index is 0. The molecule has 0 aliphatic heterocycles. The molecular weight excluding hydrogens is 137 g/mol. The molecule has 0 rings (SSSR count). The number of hydrogen-bond acceptors (Lipinski definition) is 0. The van der Waals surface area contributed by atoms with E-state index in [-0.39, 0.29) is 1.43 Å². The molecule has 0 spiro atoms. The largest absolute Gasteiger partial charge is 1.00 e. The van der Waals surface area contributed by atoms with Crippen LogP contribution in [-0.4, -0.2) is 13.1 Å². The molecule has 0 nitrogen and oxygen atoms in total. The van der Waals surface area contributed by atoms with E-state index in [1.165, 1.54) is 0 Å². The van der Waals surface area contributed by atoms with Crippen molar-refractivity contribution in [2.45, 2.75) is 6.08 Å². The van der Waals surface area contributed by atoms with Crippen LogP contribution in [0.4, 0.5) is 26.1 Å². The molecule has 0 fully saturated rings. The lowest BCUT2D eigenvalue weighted by Crippen LogP contribution is -2.37. The Bertz CT molecular complexity index is 68.0. The highest BCUT2D eigenvalue weighted by atomic mass is 19.4. The first-order chi connectivity index (χ1) is 3.25. The quantitative estimate of drug-likeness (QED) is 0.354.